The molecule has 2 unspecified atom stereocenters. The lowest BCUT2D eigenvalue weighted by atomic mass is 10.1. The van der Waals surface area contributed by atoms with E-state index in [1.807, 2.05) is 6.92 Å². The fraction of sp³-hybridized carbons (Fsp3) is 0.700. The lowest BCUT2D eigenvalue weighted by Crippen LogP contribution is -2.15. The van der Waals surface area contributed by atoms with Gasteiger partial charge in [0.1, 0.15) is 5.69 Å². The maximum absolute atomic E-state index is 11.5. The van der Waals surface area contributed by atoms with Gasteiger partial charge in [-0.25, -0.2) is 0 Å². The van der Waals surface area contributed by atoms with Crippen LogP contribution in [0.4, 0.5) is 5.69 Å². The van der Waals surface area contributed by atoms with E-state index in [4.69, 9.17) is 4.74 Å². The Balaban J connectivity index is 2.33. The molecule has 0 saturated carbocycles. The zero-order chi connectivity index (χ0) is 12.6. The van der Waals surface area contributed by atoms with Gasteiger partial charge in [-0.2, -0.15) is 0 Å². The summed E-state index contributed by atoms with van der Waals surface area (Å²) in [5.41, 5.74) is -0.615. The molecule has 1 aromatic rings. The molecule has 1 fully saturated rings. The third-order valence-corrected chi connectivity index (χ3v) is 3.10. The Bertz CT molecular complexity index is 486. The van der Waals surface area contributed by atoms with Crippen LogP contribution in [0, 0.1) is 17.0 Å². The number of H-pyrrole nitrogens is 1. The Morgan fingerprint density at radius 3 is 2.76 bits per heavy atom. The third kappa shape index (κ3) is 2.23. The first-order chi connectivity index (χ1) is 8.04. The van der Waals surface area contributed by atoms with Gasteiger partial charge in [0.25, 0.3) is 0 Å². The normalized spacial score (nSPS) is 20.2. The van der Waals surface area contributed by atoms with Gasteiger partial charge in [-0.15, -0.1) is 0 Å². The average Bonchev–Trinajstić information content (AvgIpc) is 3.01. The molecule has 1 saturated heterocycles. The lowest BCUT2D eigenvalue weighted by molar-refractivity contribution is -0.386. The van der Waals surface area contributed by atoms with Crippen LogP contribution in [0.1, 0.15) is 31.5 Å². The maximum Gasteiger partial charge on any atom is 0.355 e. The number of epoxide rings is 1. The minimum atomic E-state index is -0.636. The molecule has 0 radical (unpaired) electrons. The Morgan fingerprint density at radius 1 is 1.71 bits per heavy atom. The molecule has 1 aromatic heterocycles. The van der Waals surface area contributed by atoms with Crippen molar-refractivity contribution in [2.45, 2.75) is 38.8 Å². The van der Waals surface area contributed by atoms with E-state index in [-0.39, 0.29) is 17.8 Å². The van der Waals surface area contributed by atoms with Crippen LogP contribution in [0.25, 0.3) is 0 Å². The summed E-state index contributed by atoms with van der Waals surface area (Å²) in [4.78, 5) is 21.6. The predicted octanol–water partition coefficient (Wildman–Crippen LogP) is 1.13. The summed E-state index contributed by atoms with van der Waals surface area (Å²) < 4.78 is 6.75. The summed E-state index contributed by atoms with van der Waals surface area (Å²) in [5.74, 6) is 0. The zero-order valence-corrected chi connectivity index (χ0v) is 9.80. The van der Waals surface area contributed by atoms with E-state index in [2.05, 4.69) is 5.10 Å². The molecule has 7 nitrogen and oxygen atoms in total. The SMILES string of the molecule is CCC(CC1CO1)n1[nH]c(=O)c([N+](=O)[O-])c1C. The molecule has 2 heterocycles. The summed E-state index contributed by atoms with van der Waals surface area (Å²) in [5, 5.41) is 13.3. The van der Waals surface area contributed by atoms with Crippen molar-refractivity contribution in [1.29, 1.82) is 0 Å². The molecule has 1 aliphatic rings. The number of hydrogen-bond donors (Lipinski definition) is 1. The molecule has 0 amide bonds. The highest BCUT2D eigenvalue weighted by atomic mass is 16.6. The summed E-state index contributed by atoms with van der Waals surface area (Å²) in [6, 6.07) is 0.0453. The highest BCUT2D eigenvalue weighted by Crippen LogP contribution is 2.27. The fourth-order valence-electron chi connectivity index (χ4n) is 2.07. The number of ether oxygens (including phenoxy) is 1. The molecule has 0 aromatic carbocycles. The Morgan fingerprint density at radius 2 is 2.35 bits per heavy atom. The molecular formula is C10H15N3O4. The molecule has 0 bridgehead atoms. The zero-order valence-electron chi connectivity index (χ0n) is 9.80. The minimum absolute atomic E-state index is 0.0453. The first-order valence-electron chi connectivity index (χ1n) is 5.61. The van der Waals surface area contributed by atoms with Crippen LogP contribution in [0.15, 0.2) is 4.79 Å². The van der Waals surface area contributed by atoms with E-state index in [9.17, 15) is 14.9 Å². The Labute approximate surface area is 97.5 Å². The minimum Gasteiger partial charge on any atom is -0.373 e. The van der Waals surface area contributed by atoms with E-state index < -0.39 is 10.5 Å². The predicted molar refractivity (Wildman–Crippen MR) is 60.1 cm³/mol. The second kappa shape index (κ2) is 4.33. The van der Waals surface area contributed by atoms with Gasteiger partial charge in [0.2, 0.25) is 0 Å². The fourth-order valence-corrected chi connectivity index (χ4v) is 2.07. The van der Waals surface area contributed by atoms with Crippen LogP contribution < -0.4 is 5.56 Å². The van der Waals surface area contributed by atoms with Crippen LogP contribution in [0.2, 0.25) is 0 Å². The quantitative estimate of drug-likeness (QED) is 0.475. The van der Waals surface area contributed by atoms with Crippen molar-refractivity contribution in [3.05, 3.63) is 26.2 Å². The number of hydrogen-bond acceptors (Lipinski definition) is 4. The van der Waals surface area contributed by atoms with Crippen LogP contribution >= 0.6 is 0 Å². The number of nitrogens with one attached hydrogen (secondary N) is 1. The molecule has 7 heteroatoms. The number of aromatic amines is 1. The van der Waals surface area contributed by atoms with Gasteiger partial charge in [0.15, 0.2) is 0 Å². The van der Waals surface area contributed by atoms with E-state index in [1.165, 1.54) is 0 Å². The topological polar surface area (TPSA) is 93.5 Å². The van der Waals surface area contributed by atoms with Crippen molar-refractivity contribution in [3.8, 4) is 0 Å². The standard InChI is InChI=1S/C10H15N3O4/c1-3-7(4-8-5-17-8)12-6(2)9(13(15)16)10(14)11-12/h7-8H,3-5H2,1-2H3,(H,11,14). The van der Waals surface area contributed by atoms with Gasteiger partial charge in [-0.3, -0.25) is 24.7 Å². The van der Waals surface area contributed by atoms with E-state index >= 15 is 0 Å². The molecule has 1 aliphatic heterocycles. The smallest absolute Gasteiger partial charge is 0.355 e. The van der Waals surface area contributed by atoms with Crippen LogP contribution in [0.3, 0.4) is 0 Å². The van der Waals surface area contributed by atoms with Crippen molar-refractivity contribution in [2.24, 2.45) is 0 Å². The highest BCUT2D eigenvalue weighted by molar-refractivity contribution is 5.32. The summed E-state index contributed by atoms with van der Waals surface area (Å²) in [7, 11) is 0. The average molecular weight is 241 g/mol. The van der Waals surface area contributed by atoms with Crippen LogP contribution in [-0.2, 0) is 4.74 Å². The molecule has 0 spiro atoms. The molecule has 0 aliphatic carbocycles. The monoisotopic (exact) mass is 241 g/mol. The van der Waals surface area contributed by atoms with Gasteiger partial charge < -0.3 is 4.74 Å². The van der Waals surface area contributed by atoms with Gasteiger partial charge >= 0.3 is 11.2 Å². The maximum atomic E-state index is 11.5. The second-order valence-electron chi connectivity index (χ2n) is 4.26. The number of aromatic nitrogens is 2. The molecular weight excluding hydrogens is 226 g/mol. The molecule has 2 rings (SSSR count). The number of nitro groups is 1. The molecule has 94 valence electrons. The van der Waals surface area contributed by atoms with Gasteiger partial charge in [-0.1, -0.05) is 6.92 Å². The van der Waals surface area contributed by atoms with Crippen molar-refractivity contribution >= 4 is 5.69 Å². The summed E-state index contributed by atoms with van der Waals surface area (Å²) in [6.45, 7) is 4.31. The number of rotatable bonds is 5. The number of nitrogens with zero attached hydrogens (tertiary/aromatic N) is 2. The van der Waals surface area contributed by atoms with E-state index in [0.29, 0.717) is 5.69 Å². The lowest BCUT2D eigenvalue weighted by Gasteiger charge is -2.16. The van der Waals surface area contributed by atoms with Gasteiger partial charge in [0.05, 0.1) is 23.7 Å². The van der Waals surface area contributed by atoms with Crippen LogP contribution in [-0.4, -0.2) is 27.4 Å². The van der Waals surface area contributed by atoms with Gasteiger partial charge in [-0.05, 0) is 19.8 Å². The first kappa shape index (κ1) is 11.8. The Kier molecular flexibility index (Phi) is 3.01. The van der Waals surface area contributed by atoms with Crippen LogP contribution in [0.5, 0.6) is 0 Å². The molecule has 17 heavy (non-hydrogen) atoms. The van der Waals surface area contributed by atoms with Crippen molar-refractivity contribution in [1.82, 2.24) is 9.78 Å². The Hall–Kier alpha value is -1.63. The third-order valence-electron chi connectivity index (χ3n) is 3.10. The summed E-state index contributed by atoms with van der Waals surface area (Å²) in [6.07, 6.45) is 1.80. The van der Waals surface area contributed by atoms with E-state index in [0.717, 1.165) is 19.4 Å². The first-order valence-corrected chi connectivity index (χ1v) is 5.61. The largest absolute Gasteiger partial charge is 0.373 e. The van der Waals surface area contributed by atoms with E-state index in [1.54, 1.807) is 11.6 Å². The van der Waals surface area contributed by atoms with Crippen molar-refractivity contribution in [3.63, 3.8) is 0 Å². The summed E-state index contributed by atoms with van der Waals surface area (Å²) >= 11 is 0. The molecule has 2 atom stereocenters. The second-order valence-corrected chi connectivity index (χ2v) is 4.26. The van der Waals surface area contributed by atoms with Crippen molar-refractivity contribution < 1.29 is 9.66 Å². The van der Waals surface area contributed by atoms with Gasteiger partial charge in [0, 0.05) is 0 Å². The highest BCUT2D eigenvalue weighted by Gasteiger charge is 2.30. The van der Waals surface area contributed by atoms with Crippen molar-refractivity contribution in [2.75, 3.05) is 6.61 Å². The molecule has 1 N–H and O–H groups in total.